The summed E-state index contributed by atoms with van der Waals surface area (Å²) in [6, 6.07) is 4.18. The van der Waals surface area contributed by atoms with Crippen LogP contribution in [-0.2, 0) is 11.4 Å². The molecule has 0 spiro atoms. The molecule has 6 nitrogen and oxygen atoms in total. The van der Waals surface area contributed by atoms with Gasteiger partial charge in [0.1, 0.15) is 12.4 Å². The number of aryl methyl sites for hydroxylation is 1. The first kappa shape index (κ1) is 18.0. The van der Waals surface area contributed by atoms with Crippen LogP contribution in [0.2, 0.25) is 0 Å². The molecule has 0 bridgehead atoms. The lowest BCUT2D eigenvalue weighted by atomic mass is 9.98. The third kappa shape index (κ3) is 2.74. The van der Waals surface area contributed by atoms with Gasteiger partial charge in [-0.1, -0.05) is 6.07 Å². The van der Waals surface area contributed by atoms with Gasteiger partial charge in [0.05, 0.1) is 23.1 Å². The molecule has 0 saturated carbocycles. The predicted molar refractivity (Wildman–Crippen MR) is 83.0 cm³/mol. The summed E-state index contributed by atoms with van der Waals surface area (Å²) in [4.78, 5) is 24.8. The Morgan fingerprint density at radius 1 is 1.27 bits per heavy atom. The van der Waals surface area contributed by atoms with E-state index in [1.165, 1.54) is 24.5 Å². The normalized spacial score (nSPS) is 16.0. The van der Waals surface area contributed by atoms with Crippen LogP contribution >= 0.6 is 0 Å². The molecule has 0 aliphatic carbocycles. The second kappa shape index (κ2) is 5.87. The molecule has 1 aromatic carbocycles. The topological polar surface area (TPSA) is 88.8 Å². The summed E-state index contributed by atoms with van der Waals surface area (Å²) in [6.07, 6.45) is -3.89. The van der Waals surface area contributed by atoms with Crippen LogP contribution in [-0.4, -0.2) is 28.6 Å². The second-order valence-corrected chi connectivity index (χ2v) is 6.03. The van der Waals surface area contributed by atoms with Crippen LogP contribution in [0, 0.1) is 6.92 Å². The second-order valence-electron chi connectivity index (χ2n) is 6.03. The molecule has 3 rings (SSSR count). The van der Waals surface area contributed by atoms with E-state index in [1.807, 2.05) is 5.32 Å². The SMILES string of the molecule is Cc1ccc(NC(=O)C(C)(O)C(F)(F)F)c2c1OCc1occc1C2=O. The molecule has 1 amide bonds. The molecule has 0 saturated heterocycles. The van der Waals surface area contributed by atoms with Gasteiger partial charge in [0.15, 0.2) is 5.76 Å². The summed E-state index contributed by atoms with van der Waals surface area (Å²) in [7, 11) is 0. The maximum Gasteiger partial charge on any atom is 0.426 e. The van der Waals surface area contributed by atoms with E-state index in [-0.39, 0.29) is 34.9 Å². The molecule has 2 aromatic rings. The zero-order valence-electron chi connectivity index (χ0n) is 13.7. The van der Waals surface area contributed by atoms with Crippen molar-refractivity contribution in [1.29, 1.82) is 0 Å². The highest BCUT2D eigenvalue weighted by Gasteiger charge is 2.56. The number of halogens is 3. The molecular weight excluding hydrogens is 355 g/mol. The number of carbonyl (C=O) groups is 2. The summed E-state index contributed by atoms with van der Waals surface area (Å²) >= 11 is 0. The van der Waals surface area contributed by atoms with Crippen molar-refractivity contribution >= 4 is 17.4 Å². The summed E-state index contributed by atoms with van der Waals surface area (Å²) in [6.45, 7) is 1.94. The monoisotopic (exact) mass is 369 g/mol. The highest BCUT2D eigenvalue weighted by atomic mass is 19.4. The molecule has 1 aliphatic rings. The molecule has 1 aliphatic heterocycles. The van der Waals surface area contributed by atoms with Crippen LogP contribution in [0.15, 0.2) is 28.9 Å². The number of nitrogens with one attached hydrogen (secondary N) is 1. The average Bonchev–Trinajstić information content (AvgIpc) is 2.96. The number of ether oxygens (including phenoxy) is 1. The van der Waals surface area contributed by atoms with E-state index in [4.69, 9.17) is 9.15 Å². The molecule has 9 heteroatoms. The first-order chi connectivity index (χ1) is 12.0. The van der Waals surface area contributed by atoms with Gasteiger partial charge >= 0.3 is 6.18 Å². The van der Waals surface area contributed by atoms with E-state index >= 15 is 0 Å². The number of fused-ring (bicyclic) bond motifs is 2. The minimum atomic E-state index is -5.18. The van der Waals surface area contributed by atoms with Crippen molar-refractivity contribution in [1.82, 2.24) is 0 Å². The Bertz CT molecular complexity index is 898. The Labute approximate surface area is 145 Å². The van der Waals surface area contributed by atoms with Gasteiger partial charge in [0.2, 0.25) is 11.4 Å². The van der Waals surface area contributed by atoms with Crippen LogP contribution in [0.3, 0.4) is 0 Å². The molecule has 1 atom stereocenters. The van der Waals surface area contributed by atoms with Crippen molar-refractivity contribution in [3.8, 4) is 5.75 Å². The van der Waals surface area contributed by atoms with Crippen LogP contribution in [0.5, 0.6) is 5.75 Å². The predicted octanol–water partition coefficient (Wildman–Crippen LogP) is 2.96. The van der Waals surface area contributed by atoms with Crippen molar-refractivity contribution in [2.75, 3.05) is 5.32 Å². The molecule has 1 aromatic heterocycles. The summed E-state index contributed by atoms with van der Waals surface area (Å²) in [5.41, 5.74) is -3.18. The van der Waals surface area contributed by atoms with Gasteiger partial charge in [-0.3, -0.25) is 9.59 Å². The number of alkyl halides is 3. The van der Waals surface area contributed by atoms with Gasteiger partial charge in [-0.25, -0.2) is 0 Å². The van der Waals surface area contributed by atoms with E-state index in [9.17, 15) is 27.9 Å². The van der Waals surface area contributed by atoms with Crippen molar-refractivity contribution in [2.45, 2.75) is 32.2 Å². The summed E-state index contributed by atoms with van der Waals surface area (Å²) in [5.74, 6) is -1.87. The average molecular weight is 369 g/mol. The van der Waals surface area contributed by atoms with E-state index < -0.39 is 23.5 Å². The van der Waals surface area contributed by atoms with Crippen molar-refractivity contribution < 1.29 is 37.0 Å². The quantitative estimate of drug-likeness (QED) is 0.850. The van der Waals surface area contributed by atoms with Crippen LogP contribution in [0.25, 0.3) is 0 Å². The number of benzene rings is 1. The fraction of sp³-hybridized carbons (Fsp3) is 0.294. The number of carbonyl (C=O) groups excluding carboxylic acids is 2. The summed E-state index contributed by atoms with van der Waals surface area (Å²) < 4.78 is 49.4. The van der Waals surface area contributed by atoms with Crippen LogP contribution in [0.1, 0.15) is 34.2 Å². The van der Waals surface area contributed by atoms with Crippen LogP contribution in [0.4, 0.5) is 18.9 Å². The number of rotatable bonds is 2. The van der Waals surface area contributed by atoms with Gasteiger partial charge in [0.25, 0.3) is 5.91 Å². The number of furan rings is 1. The fourth-order valence-corrected chi connectivity index (χ4v) is 2.50. The van der Waals surface area contributed by atoms with Gasteiger partial charge in [0, 0.05) is 0 Å². The Hall–Kier alpha value is -2.81. The molecule has 1 unspecified atom stereocenters. The first-order valence-corrected chi connectivity index (χ1v) is 7.52. The van der Waals surface area contributed by atoms with E-state index in [2.05, 4.69) is 0 Å². The Balaban J connectivity index is 2.07. The van der Waals surface area contributed by atoms with Gasteiger partial charge in [-0.15, -0.1) is 0 Å². The van der Waals surface area contributed by atoms with Crippen molar-refractivity contribution in [2.24, 2.45) is 0 Å². The number of ketones is 1. The van der Waals surface area contributed by atoms with Gasteiger partial charge in [-0.2, -0.15) is 13.2 Å². The van der Waals surface area contributed by atoms with Gasteiger partial charge < -0.3 is 19.6 Å². The molecule has 0 fully saturated rings. The van der Waals surface area contributed by atoms with Gasteiger partial charge in [-0.05, 0) is 31.5 Å². The highest BCUT2D eigenvalue weighted by molar-refractivity contribution is 6.17. The van der Waals surface area contributed by atoms with E-state index in [1.54, 1.807) is 6.92 Å². The molecule has 2 heterocycles. The summed E-state index contributed by atoms with van der Waals surface area (Å²) in [5, 5.41) is 11.5. The smallest absolute Gasteiger partial charge is 0.426 e. The minimum absolute atomic E-state index is 0.0421. The Kier molecular flexibility index (Phi) is 4.06. The molecular formula is C17H14F3NO5. The van der Waals surface area contributed by atoms with Crippen molar-refractivity contribution in [3.05, 3.63) is 46.9 Å². The highest BCUT2D eigenvalue weighted by Crippen LogP contribution is 2.38. The molecule has 0 radical (unpaired) electrons. The number of hydrogen-bond acceptors (Lipinski definition) is 5. The number of anilines is 1. The first-order valence-electron chi connectivity index (χ1n) is 7.52. The minimum Gasteiger partial charge on any atom is -0.484 e. The van der Waals surface area contributed by atoms with Crippen LogP contribution < -0.4 is 10.1 Å². The maximum absolute atomic E-state index is 12.9. The third-order valence-electron chi connectivity index (χ3n) is 4.16. The zero-order chi connectivity index (χ0) is 19.3. The largest absolute Gasteiger partial charge is 0.484 e. The lowest BCUT2D eigenvalue weighted by molar-refractivity contribution is -0.242. The van der Waals surface area contributed by atoms with E-state index in [0.29, 0.717) is 12.5 Å². The van der Waals surface area contributed by atoms with E-state index in [0.717, 1.165) is 0 Å². The molecule has 138 valence electrons. The third-order valence-corrected chi connectivity index (χ3v) is 4.16. The maximum atomic E-state index is 12.9. The van der Waals surface area contributed by atoms with Crippen molar-refractivity contribution in [3.63, 3.8) is 0 Å². The number of aliphatic hydroxyl groups is 1. The zero-order valence-corrected chi connectivity index (χ0v) is 13.7. The lowest BCUT2D eigenvalue weighted by Gasteiger charge is -2.25. The molecule has 2 N–H and O–H groups in total. The molecule has 26 heavy (non-hydrogen) atoms. The lowest BCUT2D eigenvalue weighted by Crippen LogP contribution is -2.52. The fourth-order valence-electron chi connectivity index (χ4n) is 2.50. The Morgan fingerprint density at radius 3 is 2.62 bits per heavy atom. The number of amides is 1. The number of hydrogen-bond donors (Lipinski definition) is 2. The Morgan fingerprint density at radius 2 is 1.96 bits per heavy atom. The standard InChI is InChI=1S/C17H14F3NO5/c1-8-3-4-10(21-15(23)16(2,24)17(18,19)20)12-13(22)9-5-6-25-11(9)7-26-14(8)12/h3-6,24H,7H2,1-2H3,(H,21,23).